The number of hydrogen-bond acceptors (Lipinski definition) is 7. The third-order valence-electron chi connectivity index (χ3n) is 9.41. The second-order valence-corrected chi connectivity index (χ2v) is 12.4. The van der Waals surface area contributed by atoms with Crippen molar-refractivity contribution < 1.29 is 33.8 Å². The number of nitrogens with zero attached hydrogens (tertiary/aromatic N) is 2. The molecule has 6 atom stereocenters. The van der Waals surface area contributed by atoms with E-state index in [-0.39, 0.29) is 43.8 Å². The number of esters is 1. The highest BCUT2D eigenvalue weighted by Gasteiger charge is 2.73. The summed E-state index contributed by atoms with van der Waals surface area (Å²) in [6.45, 7) is 1.01. The van der Waals surface area contributed by atoms with E-state index in [4.69, 9.17) is 9.47 Å². The maximum atomic E-state index is 14.7. The number of benzene rings is 2. The first-order valence-electron chi connectivity index (χ1n) is 16.2. The van der Waals surface area contributed by atoms with Gasteiger partial charge in [-0.3, -0.25) is 19.2 Å². The standard InChI is InChI=1S/C36H41N3O7/c40-22-12-4-11-21-39-32-34(43)38(24-25-13-5-1-6-14-25)20-10-3-9-17-29(41)37-23-28(26-15-7-2-8-16-26)45-35(44)30-27-18-19-36(32,46-27)31(30)33(39)42/h1-3,5-8,10,13-16,18-19,27-28,30-32,40H,4,9,11-12,17,20-24H2,(H,37,41)/b10-3-/t27-,28-,30+,31+,32-,36+/m0/s1. The molecular formula is C36H41N3O7. The number of cyclic esters (lactones) is 1. The minimum atomic E-state index is -1.32. The molecule has 3 amide bonds. The number of aliphatic hydroxyl groups is 1. The van der Waals surface area contributed by atoms with Crippen molar-refractivity contribution in [3.63, 3.8) is 0 Å². The molecular weight excluding hydrogens is 586 g/mol. The van der Waals surface area contributed by atoms with Crippen molar-refractivity contribution in [1.82, 2.24) is 15.1 Å². The van der Waals surface area contributed by atoms with Crippen molar-refractivity contribution >= 4 is 23.7 Å². The Hall–Kier alpha value is -4.28. The van der Waals surface area contributed by atoms with Crippen molar-refractivity contribution in [2.24, 2.45) is 11.8 Å². The Balaban J connectivity index is 1.38. The van der Waals surface area contributed by atoms with Crippen LogP contribution in [0.1, 0.15) is 49.3 Å². The molecule has 4 aliphatic heterocycles. The molecule has 46 heavy (non-hydrogen) atoms. The highest BCUT2D eigenvalue weighted by molar-refractivity contribution is 5.99. The van der Waals surface area contributed by atoms with Gasteiger partial charge in [0.1, 0.15) is 23.7 Å². The second kappa shape index (κ2) is 14.0. The number of likely N-dealkylation sites (tertiary alicyclic amines) is 1. The van der Waals surface area contributed by atoms with Gasteiger partial charge in [-0.15, -0.1) is 0 Å². The van der Waals surface area contributed by atoms with Gasteiger partial charge in [-0.25, -0.2) is 0 Å². The summed E-state index contributed by atoms with van der Waals surface area (Å²) >= 11 is 0. The van der Waals surface area contributed by atoms with Crippen molar-refractivity contribution in [1.29, 1.82) is 0 Å². The first-order chi connectivity index (χ1) is 22.4. The summed E-state index contributed by atoms with van der Waals surface area (Å²) < 4.78 is 12.6. The monoisotopic (exact) mass is 627 g/mol. The average Bonchev–Trinajstić information content (AvgIpc) is 3.71. The molecule has 2 saturated heterocycles. The molecule has 10 heteroatoms. The van der Waals surface area contributed by atoms with Gasteiger partial charge in [-0.1, -0.05) is 85.0 Å². The Kier molecular flexibility index (Phi) is 9.65. The van der Waals surface area contributed by atoms with Gasteiger partial charge in [0, 0.05) is 32.7 Å². The van der Waals surface area contributed by atoms with Gasteiger partial charge in [0.15, 0.2) is 0 Å². The van der Waals surface area contributed by atoms with Gasteiger partial charge in [0.05, 0.1) is 18.6 Å². The molecule has 242 valence electrons. The van der Waals surface area contributed by atoms with E-state index < -0.39 is 41.7 Å². The van der Waals surface area contributed by atoms with Crippen molar-refractivity contribution in [2.45, 2.75) is 62.5 Å². The van der Waals surface area contributed by atoms with Crippen LogP contribution in [0.25, 0.3) is 0 Å². The van der Waals surface area contributed by atoms with Crippen LogP contribution in [0, 0.1) is 11.8 Å². The zero-order valence-corrected chi connectivity index (χ0v) is 25.8. The van der Waals surface area contributed by atoms with Crippen LogP contribution in [0.2, 0.25) is 0 Å². The Morgan fingerprint density at radius 2 is 1.67 bits per heavy atom. The van der Waals surface area contributed by atoms with Crippen LogP contribution < -0.4 is 5.32 Å². The van der Waals surface area contributed by atoms with E-state index in [9.17, 15) is 24.3 Å². The van der Waals surface area contributed by atoms with Gasteiger partial charge < -0.3 is 29.7 Å². The highest BCUT2D eigenvalue weighted by atomic mass is 16.6. The molecule has 6 rings (SSSR count). The predicted octanol–water partition coefficient (Wildman–Crippen LogP) is 3.08. The zero-order valence-electron chi connectivity index (χ0n) is 25.8. The van der Waals surface area contributed by atoms with Crippen molar-refractivity contribution in [2.75, 3.05) is 26.2 Å². The van der Waals surface area contributed by atoms with Gasteiger partial charge in [-0.05, 0) is 36.8 Å². The lowest BCUT2D eigenvalue weighted by Crippen LogP contribution is -2.55. The van der Waals surface area contributed by atoms with Crippen molar-refractivity contribution in [3.05, 3.63) is 96.1 Å². The number of aliphatic hydroxyl groups excluding tert-OH is 1. The van der Waals surface area contributed by atoms with Crippen LogP contribution in [0.5, 0.6) is 0 Å². The van der Waals surface area contributed by atoms with E-state index in [2.05, 4.69) is 5.32 Å². The summed E-state index contributed by atoms with van der Waals surface area (Å²) in [5, 5.41) is 12.2. The van der Waals surface area contributed by atoms with Crippen LogP contribution >= 0.6 is 0 Å². The number of carbonyl (C=O) groups is 4. The molecule has 2 aromatic rings. The maximum absolute atomic E-state index is 14.7. The molecule has 4 heterocycles. The van der Waals surface area contributed by atoms with Gasteiger partial charge in [0.25, 0.3) is 0 Å². The lowest BCUT2D eigenvalue weighted by atomic mass is 9.74. The number of amides is 3. The molecule has 0 radical (unpaired) electrons. The number of carbonyl (C=O) groups excluding carboxylic acids is 4. The Bertz CT molecular complexity index is 1480. The molecule has 0 aromatic heterocycles. The summed E-state index contributed by atoms with van der Waals surface area (Å²) in [5.41, 5.74) is 0.335. The summed E-state index contributed by atoms with van der Waals surface area (Å²) in [7, 11) is 0. The molecule has 10 nitrogen and oxygen atoms in total. The molecule has 4 aliphatic rings. The van der Waals surface area contributed by atoms with Crippen LogP contribution in [0.15, 0.2) is 85.0 Å². The topological polar surface area (TPSA) is 125 Å². The second-order valence-electron chi connectivity index (χ2n) is 12.4. The molecule has 0 aliphatic carbocycles. The molecule has 1 spiro atoms. The lowest BCUT2D eigenvalue weighted by molar-refractivity contribution is -0.159. The van der Waals surface area contributed by atoms with E-state index >= 15 is 0 Å². The minimum Gasteiger partial charge on any atom is -0.455 e. The normalized spacial score (nSPS) is 30.3. The van der Waals surface area contributed by atoms with Crippen LogP contribution in [-0.2, 0) is 35.2 Å². The number of fused-ring (bicyclic) bond motifs is 2. The van der Waals surface area contributed by atoms with Gasteiger partial charge in [-0.2, -0.15) is 0 Å². The summed E-state index contributed by atoms with van der Waals surface area (Å²) in [5.74, 6) is -3.24. The Morgan fingerprint density at radius 3 is 2.43 bits per heavy atom. The lowest BCUT2D eigenvalue weighted by Gasteiger charge is -2.36. The Morgan fingerprint density at radius 1 is 0.913 bits per heavy atom. The van der Waals surface area contributed by atoms with E-state index in [0.717, 1.165) is 11.1 Å². The number of ether oxygens (including phenoxy) is 2. The van der Waals surface area contributed by atoms with Gasteiger partial charge in [0.2, 0.25) is 17.7 Å². The molecule has 2 fully saturated rings. The fourth-order valence-corrected chi connectivity index (χ4v) is 7.18. The van der Waals surface area contributed by atoms with Gasteiger partial charge >= 0.3 is 5.97 Å². The van der Waals surface area contributed by atoms with E-state index in [0.29, 0.717) is 38.8 Å². The third kappa shape index (κ3) is 6.24. The Labute approximate surface area is 269 Å². The van der Waals surface area contributed by atoms with Crippen molar-refractivity contribution in [3.8, 4) is 0 Å². The van der Waals surface area contributed by atoms with E-state index in [1.54, 1.807) is 22.0 Å². The third-order valence-corrected chi connectivity index (χ3v) is 9.41. The summed E-state index contributed by atoms with van der Waals surface area (Å²) in [6.07, 6.45) is 8.44. The number of hydrogen-bond donors (Lipinski definition) is 2. The van der Waals surface area contributed by atoms with E-state index in [1.165, 1.54) is 0 Å². The maximum Gasteiger partial charge on any atom is 0.313 e. The smallest absolute Gasteiger partial charge is 0.313 e. The molecule has 2 aromatic carbocycles. The first-order valence-corrected chi connectivity index (χ1v) is 16.2. The van der Waals surface area contributed by atoms with Crippen LogP contribution in [-0.4, -0.2) is 82.6 Å². The number of nitrogens with one attached hydrogen (secondary N) is 1. The zero-order chi connectivity index (χ0) is 32.1. The van der Waals surface area contributed by atoms with Crippen LogP contribution in [0.3, 0.4) is 0 Å². The van der Waals surface area contributed by atoms with Crippen LogP contribution in [0.4, 0.5) is 0 Å². The summed E-state index contributed by atoms with van der Waals surface area (Å²) in [6, 6.07) is 17.9. The summed E-state index contributed by atoms with van der Waals surface area (Å²) in [4.78, 5) is 59.2. The SMILES string of the molecule is O=C1CC/C=C\CN(Cc2ccccc2)C(=O)[C@@H]2N(CCCCCO)C(=O)[C@H]3[C@H](C(=O)O[C@H](c4ccccc4)CN1)[C@@H]1C=C[C@]23O1. The number of allylic oxidation sites excluding steroid dienone is 1. The highest BCUT2D eigenvalue weighted by Crippen LogP contribution is 2.56. The average molecular weight is 628 g/mol. The molecule has 0 saturated carbocycles. The number of unbranched alkanes of at least 4 members (excludes halogenated alkanes) is 2. The molecule has 2 N–H and O–H groups in total. The minimum absolute atomic E-state index is 0.0462. The predicted molar refractivity (Wildman–Crippen MR) is 169 cm³/mol. The molecule has 5 bridgehead atoms. The first kappa shape index (κ1) is 31.7. The largest absolute Gasteiger partial charge is 0.455 e. The fraction of sp³-hybridized carbons (Fsp3) is 0.444. The van der Waals surface area contributed by atoms with E-state index in [1.807, 2.05) is 72.8 Å². The molecule has 0 unspecified atom stereocenters. The quantitative estimate of drug-likeness (QED) is 0.262. The fourth-order valence-electron chi connectivity index (χ4n) is 7.18. The number of rotatable bonds is 8.